The van der Waals surface area contributed by atoms with Gasteiger partial charge in [-0.15, -0.1) is 0 Å². The molecular weight excluding hydrogens is 568 g/mol. The Kier molecular flexibility index (Phi) is 37.6. The monoisotopic (exact) mass is 643 g/mol. The van der Waals surface area contributed by atoms with Gasteiger partial charge in [-0.3, -0.25) is 4.79 Å². The van der Waals surface area contributed by atoms with Gasteiger partial charge in [-0.05, 0) is 57.8 Å². The van der Waals surface area contributed by atoms with Gasteiger partial charge in [0, 0.05) is 13.0 Å². The number of ether oxygens (including phenoxy) is 2. The van der Waals surface area contributed by atoms with Crippen LogP contribution in [0, 0.1) is 0 Å². The minimum absolute atomic E-state index is 0.177. The largest absolute Gasteiger partial charge is 0.457 e. The Hall–Kier alpha value is -1.91. The Morgan fingerprint density at radius 2 is 0.978 bits per heavy atom. The van der Waals surface area contributed by atoms with Crippen molar-refractivity contribution in [3.05, 3.63) is 60.8 Å². The molecule has 1 atom stereocenters. The molecule has 0 saturated heterocycles. The van der Waals surface area contributed by atoms with Gasteiger partial charge in [0.25, 0.3) is 0 Å². The molecule has 0 aliphatic carbocycles. The standard InChI is InChI=1S/C42H74O4/c1-3-5-7-9-11-13-15-16-17-18-19-20-21-22-23-24-25-26-27-29-31-33-35-37-42(44)46-41(39-43)40-45-38-36-34-32-30-28-14-12-10-8-6-4-2/h5,7,11,13,16-17,19-20,22-23,41,43H,3-4,6,8-10,12,14-15,18,21,24-40H2,1-2H3/b7-5-,13-11-,17-16-,20-19-,23-22-. The first-order valence-corrected chi connectivity index (χ1v) is 19.4. The average Bonchev–Trinajstić information content (AvgIpc) is 3.06. The lowest BCUT2D eigenvalue weighted by Gasteiger charge is -2.16. The quantitative estimate of drug-likeness (QED) is 0.0424. The van der Waals surface area contributed by atoms with Crippen molar-refractivity contribution in [1.82, 2.24) is 0 Å². The van der Waals surface area contributed by atoms with Crippen LogP contribution in [-0.2, 0) is 14.3 Å². The maximum atomic E-state index is 12.2. The first-order chi connectivity index (χ1) is 22.7. The lowest BCUT2D eigenvalue weighted by molar-refractivity contribution is -0.154. The van der Waals surface area contributed by atoms with E-state index >= 15 is 0 Å². The van der Waals surface area contributed by atoms with Crippen molar-refractivity contribution in [2.45, 2.75) is 180 Å². The first kappa shape index (κ1) is 44.1. The SMILES string of the molecule is CC/C=C\C/C=C\C/C=C\C/C=C\C/C=C\CCCCCCCCCC(=O)OC(CO)COCCCCCCCCCCCCC. The zero-order valence-electron chi connectivity index (χ0n) is 30.3. The van der Waals surface area contributed by atoms with Crippen molar-refractivity contribution in [2.75, 3.05) is 19.8 Å². The molecule has 0 aliphatic heterocycles. The molecule has 1 unspecified atom stereocenters. The second-order valence-electron chi connectivity index (χ2n) is 12.6. The molecule has 4 nitrogen and oxygen atoms in total. The normalized spacial score (nSPS) is 13.0. The van der Waals surface area contributed by atoms with Crippen molar-refractivity contribution in [1.29, 1.82) is 0 Å². The molecule has 4 heteroatoms. The highest BCUT2D eigenvalue weighted by atomic mass is 16.6. The molecule has 0 heterocycles. The Morgan fingerprint density at radius 1 is 0.543 bits per heavy atom. The van der Waals surface area contributed by atoms with Crippen LogP contribution in [0.15, 0.2) is 60.8 Å². The minimum Gasteiger partial charge on any atom is -0.457 e. The fraction of sp³-hybridized carbons (Fsp3) is 0.738. The Morgan fingerprint density at radius 3 is 1.48 bits per heavy atom. The number of carbonyl (C=O) groups excluding carboxylic acids is 1. The summed E-state index contributed by atoms with van der Waals surface area (Å²) in [4.78, 5) is 12.2. The number of allylic oxidation sites excluding steroid dienone is 10. The molecule has 0 amide bonds. The first-order valence-electron chi connectivity index (χ1n) is 19.4. The van der Waals surface area contributed by atoms with Crippen molar-refractivity contribution >= 4 is 5.97 Å². The van der Waals surface area contributed by atoms with Gasteiger partial charge in [-0.25, -0.2) is 0 Å². The van der Waals surface area contributed by atoms with Gasteiger partial charge in [0.15, 0.2) is 0 Å². The summed E-state index contributed by atoms with van der Waals surface area (Å²) in [5, 5.41) is 9.55. The number of esters is 1. The smallest absolute Gasteiger partial charge is 0.306 e. The van der Waals surface area contributed by atoms with Crippen molar-refractivity contribution in [2.24, 2.45) is 0 Å². The molecule has 0 spiro atoms. The third-order valence-electron chi connectivity index (χ3n) is 8.11. The van der Waals surface area contributed by atoms with Crippen LogP contribution in [0.1, 0.15) is 174 Å². The van der Waals surface area contributed by atoms with Crippen LogP contribution in [0.5, 0.6) is 0 Å². The highest BCUT2D eigenvalue weighted by Gasteiger charge is 2.13. The molecule has 0 fully saturated rings. The maximum absolute atomic E-state index is 12.2. The van der Waals surface area contributed by atoms with E-state index in [4.69, 9.17) is 9.47 Å². The highest BCUT2D eigenvalue weighted by Crippen LogP contribution is 2.13. The molecule has 46 heavy (non-hydrogen) atoms. The molecule has 0 radical (unpaired) electrons. The fourth-order valence-corrected chi connectivity index (χ4v) is 5.24. The summed E-state index contributed by atoms with van der Waals surface area (Å²) in [7, 11) is 0. The Labute approximate surface area is 285 Å². The van der Waals surface area contributed by atoms with E-state index in [1.54, 1.807) is 0 Å². The van der Waals surface area contributed by atoms with Crippen LogP contribution >= 0.6 is 0 Å². The zero-order valence-corrected chi connectivity index (χ0v) is 30.3. The van der Waals surface area contributed by atoms with Crippen LogP contribution in [0.4, 0.5) is 0 Å². The fourth-order valence-electron chi connectivity index (χ4n) is 5.24. The second-order valence-corrected chi connectivity index (χ2v) is 12.6. The van der Waals surface area contributed by atoms with Gasteiger partial charge >= 0.3 is 5.97 Å². The number of aliphatic hydroxyl groups excluding tert-OH is 1. The number of unbranched alkanes of at least 4 members (excludes halogenated alkanes) is 17. The summed E-state index contributed by atoms with van der Waals surface area (Å²) in [6, 6.07) is 0. The molecule has 0 saturated carbocycles. The van der Waals surface area contributed by atoms with E-state index in [1.165, 1.54) is 96.3 Å². The predicted octanol–water partition coefficient (Wildman–Crippen LogP) is 12.5. The van der Waals surface area contributed by atoms with E-state index in [2.05, 4.69) is 74.6 Å². The van der Waals surface area contributed by atoms with E-state index in [-0.39, 0.29) is 12.6 Å². The van der Waals surface area contributed by atoms with E-state index in [0.29, 0.717) is 19.6 Å². The van der Waals surface area contributed by atoms with E-state index in [1.807, 2.05) is 0 Å². The summed E-state index contributed by atoms with van der Waals surface area (Å²) >= 11 is 0. The molecule has 0 aromatic heterocycles. The third kappa shape index (κ3) is 36.6. The van der Waals surface area contributed by atoms with Crippen LogP contribution < -0.4 is 0 Å². The van der Waals surface area contributed by atoms with Gasteiger partial charge < -0.3 is 14.6 Å². The summed E-state index contributed by atoms with van der Waals surface area (Å²) in [5.74, 6) is -0.214. The number of carbonyl (C=O) groups is 1. The molecule has 0 bridgehead atoms. The predicted molar refractivity (Wildman–Crippen MR) is 200 cm³/mol. The molecule has 0 aromatic rings. The number of aliphatic hydroxyl groups is 1. The van der Waals surface area contributed by atoms with Gasteiger partial charge in [-0.2, -0.15) is 0 Å². The lowest BCUT2D eigenvalue weighted by Crippen LogP contribution is -2.27. The topological polar surface area (TPSA) is 55.8 Å². The third-order valence-corrected chi connectivity index (χ3v) is 8.11. The summed E-state index contributed by atoms with van der Waals surface area (Å²) in [5.41, 5.74) is 0. The molecule has 1 N–H and O–H groups in total. The van der Waals surface area contributed by atoms with E-state index in [0.717, 1.165) is 57.8 Å². The van der Waals surface area contributed by atoms with Crippen LogP contribution in [-0.4, -0.2) is 37.0 Å². The van der Waals surface area contributed by atoms with Crippen molar-refractivity contribution < 1.29 is 19.4 Å². The van der Waals surface area contributed by atoms with Gasteiger partial charge in [0.1, 0.15) is 6.10 Å². The van der Waals surface area contributed by atoms with Crippen LogP contribution in [0.3, 0.4) is 0 Å². The van der Waals surface area contributed by atoms with Gasteiger partial charge in [0.2, 0.25) is 0 Å². The number of hydrogen-bond acceptors (Lipinski definition) is 4. The molecule has 0 aliphatic rings. The van der Waals surface area contributed by atoms with E-state index in [9.17, 15) is 9.90 Å². The second kappa shape index (κ2) is 39.3. The van der Waals surface area contributed by atoms with Crippen molar-refractivity contribution in [3.63, 3.8) is 0 Å². The minimum atomic E-state index is -0.539. The Bertz CT molecular complexity index is 764. The number of rotatable bonds is 35. The summed E-state index contributed by atoms with van der Waals surface area (Å²) in [6.07, 6.45) is 51.2. The molecule has 266 valence electrons. The van der Waals surface area contributed by atoms with Crippen LogP contribution in [0.2, 0.25) is 0 Å². The Balaban J connectivity index is 3.50. The molecule has 0 aromatic carbocycles. The lowest BCUT2D eigenvalue weighted by atomic mass is 10.1. The zero-order chi connectivity index (χ0) is 33.4. The highest BCUT2D eigenvalue weighted by molar-refractivity contribution is 5.69. The molecular formula is C42H74O4. The van der Waals surface area contributed by atoms with Gasteiger partial charge in [-0.1, -0.05) is 171 Å². The number of hydrogen-bond donors (Lipinski definition) is 1. The maximum Gasteiger partial charge on any atom is 0.306 e. The average molecular weight is 643 g/mol. The van der Waals surface area contributed by atoms with Crippen LogP contribution in [0.25, 0.3) is 0 Å². The van der Waals surface area contributed by atoms with E-state index < -0.39 is 6.10 Å². The molecule has 0 rings (SSSR count). The van der Waals surface area contributed by atoms with Crippen molar-refractivity contribution in [3.8, 4) is 0 Å². The summed E-state index contributed by atoms with van der Waals surface area (Å²) < 4.78 is 11.1. The van der Waals surface area contributed by atoms with Gasteiger partial charge in [0.05, 0.1) is 13.2 Å². The summed E-state index contributed by atoms with van der Waals surface area (Å²) in [6.45, 7) is 5.22.